The Morgan fingerprint density at radius 3 is 2.02 bits per heavy atom. The minimum atomic E-state index is -0.710. The zero-order valence-electron chi connectivity index (χ0n) is 30.0. The van der Waals surface area contributed by atoms with E-state index in [1.807, 2.05) is 88.0 Å². The first-order chi connectivity index (χ1) is 23.4. The van der Waals surface area contributed by atoms with Gasteiger partial charge >= 0.3 is 0 Å². The Kier molecular flexibility index (Phi) is 15.5. The number of aryl methyl sites for hydroxylation is 1. The summed E-state index contributed by atoms with van der Waals surface area (Å²) in [7, 11) is 0. The van der Waals surface area contributed by atoms with Crippen molar-refractivity contribution in [1.82, 2.24) is 20.9 Å². The molecule has 9 nitrogen and oxygen atoms in total. The average Bonchev–Trinajstić information content (AvgIpc) is 3.09. The van der Waals surface area contributed by atoms with E-state index in [1.165, 1.54) is 0 Å². The van der Waals surface area contributed by atoms with Gasteiger partial charge in [-0.1, -0.05) is 101 Å². The van der Waals surface area contributed by atoms with Crippen molar-refractivity contribution in [2.24, 2.45) is 17.6 Å². The molecular weight excluding hydrogens is 614 g/mol. The van der Waals surface area contributed by atoms with Crippen LogP contribution in [0.1, 0.15) is 91.3 Å². The molecule has 0 bridgehead atoms. The van der Waals surface area contributed by atoms with Crippen LogP contribution in [0.3, 0.4) is 0 Å². The number of rotatable bonds is 18. The quantitative estimate of drug-likeness (QED) is 0.144. The lowest BCUT2D eigenvalue weighted by Crippen LogP contribution is -2.53. The normalized spacial score (nSPS) is 13.6. The van der Waals surface area contributed by atoms with Crippen LogP contribution in [-0.2, 0) is 22.6 Å². The van der Waals surface area contributed by atoms with Gasteiger partial charge in [-0.05, 0) is 67.9 Å². The molecule has 0 radical (unpaired) electrons. The van der Waals surface area contributed by atoms with E-state index in [1.54, 1.807) is 31.2 Å². The molecule has 4 amide bonds. The van der Waals surface area contributed by atoms with Gasteiger partial charge in [0.15, 0.2) is 0 Å². The summed E-state index contributed by atoms with van der Waals surface area (Å²) in [4.78, 5) is 55.3. The van der Waals surface area contributed by atoms with Crippen molar-refractivity contribution in [2.45, 2.75) is 91.9 Å². The molecule has 0 aliphatic rings. The maximum atomic E-state index is 13.7. The van der Waals surface area contributed by atoms with E-state index in [2.05, 4.69) is 22.0 Å². The van der Waals surface area contributed by atoms with Gasteiger partial charge in [-0.2, -0.15) is 0 Å². The molecule has 4 unspecified atom stereocenters. The maximum Gasteiger partial charge on any atom is 0.253 e. The summed E-state index contributed by atoms with van der Waals surface area (Å²) in [5.74, 6) is -1.63. The highest BCUT2D eigenvalue weighted by atomic mass is 16.2. The Bertz CT molecular complexity index is 1520. The van der Waals surface area contributed by atoms with Crippen LogP contribution in [0.4, 0.5) is 0 Å². The van der Waals surface area contributed by atoms with Crippen molar-refractivity contribution in [1.29, 1.82) is 0 Å². The van der Waals surface area contributed by atoms with Crippen LogP contribution < -0.4 is 21.7 Å². The van der Waals surface area contributed by atoms with Crippen molar-refractivity contribution >= 4 is 23.6 Å². The summed E-state index contributed by atoms with van der Waals surface area (Å²) in [6.07, 6.45) is 2.43. The van der Waals surface area contributed by atoms with Crippen LogP contribution in [0.15, 0.2) is 78.9 Å². The fraction of sp³-hybridized carbons (Fsp3) is 0.450. The lowest BCUT2D eigenvalue weighted by Gasteiger charge is -2.29. The van der Waals surface area contributed by atoms with Crippen molar-refractivity contribution in [2.75, 3.05) is 13.1 Å². The highest BCUT2D eigenvalue weighted by molar-refractivity contribution is 5.99. The van der Waals surface area contributed by atoms with Crippen LogP contribution >= 0.6 is 0 Å². The number of nitrogens with one attached hydrogen (secondary N) is 3. The van der Waals surface area contributed by atoms with Crippen molar-refractivity contribution in [3.8, 4) is 0 Å². The number of hydrogen-bond donors (Lipinski definition) is 4. The third kappa shape index (κ3) is 12.2. The second-order valence-corrected chi connectivity index (χ2v) is 13.4. The molecule has 3 aromatic rings. The third-order valence-electron chi connectivity index (χ3n) is 8.65. The Balaban J connectivity index is 1.74. The second kappa shape index (κ2) is 19.5. The van der Waals surface area contributed by atoms with E-state index in [0.717, 1.165) is 29.5 Å². The van der Waals surface area contributed by atoms with Crippen LogP contribution in [0, 0.1) is 18.8 Å². The summed E-state index contributed by atoms with van der Waals surface area (Å²) < 4.78 is 0. The minimum Gasteiger partial charge on any atom is -0.350 e. The van der Waals surface area contributed by atoms with Gasteiger partial charge in [0.05, 0.1) is 0 Å². The van der Waals surface area contributed by atoms with E-state index in [9.17, 15) is 19.2 Å². The number of carbonyl (C=O) groups excluding carboxylic acids is 4. The molecule has 0 heterocycles. The molecule has 49 heavy (non-hydrogen) atoms. The van der Waals surface area contributed by atoms with Gasteiger partial charge in [-0.25, -0.2) is 0 Å². The Labute approximate surface area is 292 Å². The Morgan fingerprint density at radius 1 is 0.755 bits per heavy atom. The molecule has 4 atom stereocenters. The summed E-state index contributed by atoms with van der Waals surface area (Å²) in [5, 5.41) is 8.98. The largest absolute Gasteiger partial charge is 0.350 e. The zero-order valence-corrected chi connectivity index (χ0v) is 30.0. The number of amides is 4. The highest BCUT2D eigenvalue weighted by Crippen LogP contribution is 2.17. The van der Waals surface area contributed by atoms with Crippen molar-refractivity contribution in [3.05, 3.63) is 107 Å². The van der Waals surface area contributed by atoms with E-state index in [4.69, 9.17) is 5.73 Å². The van der Waals surface area contributed by atoms with Gasteiger partial charge in [0.1, 0.15) is 6.04 Å². The first-order valence-corrected chi connectivity index (χ1v) is 17.6. The predicted molar refractivity (Wildman–Crippen MR) is 196 cm³/mol. The molecule has 0 aliphatic heterocycles. The monoisotopic (exact) mass is 669 g/mol. The molecule has 5 N–H and O–H groups in total. The Hall–Kier alpha value is -4.50. The van der Waals surface area contributed by atoms with Gasteiger partial charge in [0.25, 0.3) is 11.8 Å². The summed E-state index contributed by atoms with van der Waals surface area (Å²) in [6, 6.07) is 22.6. The van der Waals surface area contributed by atoms with Crippen LogP contribution in [-0.4, -0.2) is 59.7 Å². The molecule has 3 aromatic carbocycles. The number of carbonyl (C=O) groups is 4. The van der Waals surface area contributed by atoms with Crippen LogP contribution in [0.2, 0.25) is 0 Å². The fourth-order valence-electron chi connectivity index (χ4n) is 5.89. The molecule has 0 saturated heterocycles. The number of nitrogens with zero attached hydrogens (tertiary/aromatic N) is 1. The maximum absolute atomic E-state index is 13.7. The van der Waals surface area contributed by atoms with Crippen LogP contribution in [0.5, 0.6) is 0 Å². The minimum absolute atomic E-state index is 0.0975. The molecule has 0 fully saturated rings. The Morgan fingerprint density at radius 2 is 1.39 bits per heavy atom. The van der Waals surface area contributed by atoms with Gasteiger partial charge < -0.3 is 26.6 Å². The SMILES string of the molecule is CCCN(CCC)C(=O)c1cccc(C(=O)NC(Cc2cccc(C)c2)C(N)CC(C)C(=O)NC(C(=O)NCc2ccccc2)C(C)C)c1. The molecule has 0 spiro atoms. The standard InChI is InChI=1S/C40H55N5O4/c1-7-20-45(21-8-2)40(49)33-19-13-18-32(25-33)38(47)43-35(24-31-17-12-14-28(5)22-31)34(41)23-29(6)37(46)44-36(27(3)4)39(48)42-26-30-15-10-9-11-16-30/h9-19,22,25,27,29,34-36H,7-8,20-21,23-24,26,41H2,1-6H3,(H,42,48)(H,43,47)(H,44,46). The average molecular weight is 670 g/mol. The second-order valence-electron chi connectivity index (χ2n) is 13.4. The smallest absolute Gasteiger partial charge is 0.253 e. The zero-order chi connectivity index (χ0) is 35.9. The predicted octanol–water partition coefficient (Wildman–Crippen LogP) is 5.41. The number of hydrogen-bond acceptors (Lipinski definition) is 5. The topological polar surface area (TPSA) is 134 Å². The van der Waals surface area contributed by atoms with Gasteiger partial charge in [-0.15, -0.1) is 0 Å². The van der Waals surface area contributed by atoms with Crippen molar-refractivity contribution in [3.63, 3.8) is 0 Å². The van der Waals surface area contributed by atoms with E-state index in [-0.39, 0.29) is 36.0 Å². The van der Waals surface area contributed by atoms with Crippen LogP contribution in [0.25, 0.3) is 0 Å². The lowest BCUT2D eigenvalue weighted by molar-refractivity contribution is -0.132. The van der Waals surface area contributed by atoms with Gasteiger partial charge in [0, 0.05) is 48.8 Å². The first-order valence-electron chi connectivity index (χ1n) is 17.6. The molecule has 3 rings (SSSR count). The van der Waals surface area contributed by atoms with Crippen molar-refractivity contribution < 1.29 is 19.2 Å². The summed E-state index contributed by atoms with van der Waals surface area (Å²) in [5.41, 5.74) is 10.7. The highest BCUT2D eigenvalue weighted by Gasteiger charge is 2.29. The van der Waals surface area contributed by atoms with Gasteiger partial charge in [-0.3, -0.25) is 19.2 Å². The molecule has 0 aromatic heterocycles. The lowest BCUT2D eigenvalue weighted by atomic mass is 9.91. The van der Waals surface area contributed by atoms with E-state index < -0.39 is 24.0 Å². The number of nitrogens with two attached hydrogens (primary N) is 1. The molecule has 0 saturated carbocycles. The fourth-order valence-corrected chi connectivity index (χ4v) is 5.89. The summed E-state index contributed by atoms with van der Waals surface area (Å²) >= 11 is 0. The molecular formula is C40H55N5O4. The molecule has 0 aliphatic carbocycles. The molecule has 9 heteroatoms. The van der Waals surface area contributed by atoms with Gasteiger partial charge in [0.2, 0.25) is 11.8 Å². The third-order valence-corrected chi connectivity index (χ3v) is 8.65. The summed E-state index contributed by atoms with van der Waals surface area (Å²) in [6.45, 7) is 13.3. The molecule has 264 valence electrons. The van der Waals surface area contributed by atoms with E-state index >= 15 is 0 Å². The van der Waals surface area contributed by atoms with E-state index in [0.29, 0.717) is 37.2 Å². The first kappa shape index (κ1) is 38.9. The number of benzene rings is 3.